The fraction of sp³-hybridized carbons (Fsp3) is 0.0741. The molecule has 0 spiro atoms. The summed E-state index contributed by atoms with van der Waals surface area (Å²) in [7, 11) is 0. The number of rotatable bonds is 7. The van der Waals surface area contributed by atoms with Crippen molar-refractivity contribution in [1.82, 2.24) is 4.98 Å². The average molecular weight is 391 g/mol. The van der Waals surface area contributed by atoms with Gasteiger partial charge in [-0.1, -0.05) is 66.6 Å². The molecule has 3 nitrogen and oxygen atoms in total. The predicted octanol–water partition coefficient (Wildman–Crippen LogP) is 5.89. The molecule has 0 atom stereocenters. The van der Waals surface area contributed by atoms with Crippen LogP contribution in [0.3, 0.4) is 0 Å². The van der Waals surface area contributed by atoms with Gasteiger partial charge in [0.2, 0.25) is 5.88 Å². The van der Waals surface area contributed by atoms with Gasteiger partial charge in [-0.25, -0.2) is 4.98 Å². The first-order chi connectivity index (χ1) is 14.8. The predicted molar refractivity (Wildman–Crippen MR) is 119 cm³/mol. The zero-order chi connectivity index (χ0) is 20.6. The lowest BCUT2D eigenvalue weighted by molar-refractivity contribution is 0.294. The molecule has 1 aromatic heterocycles. The van der Waals surface area contributed by atoms with Crippen molar-refractivity contribution in [3.05, 3.63) is 114 Å². The number of terminal acetylenes is 1. The number of benzene rings is 3. The molecule has 146 valence electrons. The Morgan fingerprint density at radius 1 is 0.733 bits per heavy atom. The van der Waals surface area contributed by atoms with Crippen LogP contribution >= 0.6 is 0 Å². The maximum atomic E-state index is 6.09. The van der Waals surface area contributed by atoms with Gasteiger partial charge in [-0.3, -0.25) is 0 Å². The monoisotopic (exact) mass is 391 g/mol. The third kappa shape index (κ3) is 4.87. The molecule has 3 aromatic carbocycles. The van der Waals surface area contributed by atoms with E-state index in [1.54, 1.807) is 6.20 Å². The van der Waals surface area contributed by atoms with Crippen molar-refractivity contribution in [2.24, 2.45) is 0 Å². The highest BCUT2D eigenvalue weighted by Gasteiger charge is 2.09. The van der Waals surface area contributed by atoms with Crippen LogP contribution in [0.1, 0.15) is 16.7 Å². The van der Waals surface area contributed by atoms with Gasteiger partial charge in [0.05, 0.1) is 0 Å². The highest BCUT2D eigenvalue weighted by atomic mass is 16.5. The highest BCUT2D eigenvalue weighted by molar-refractivity contribution is 5.71. The van der Waals surface area contributed by atoms with E-state index in [0.29, 0.717) is 19.1 Å². The fourth-order valence-electron chi connectivity index (χ4n) is 3.06. The molecule has 0 N–H and O–H groups in total. The van der Waals surface area contributed by atoms with Gasteiger partial charge >= 0.3 is 0 Å². The van der Waals surface area contributed by atoms with Gasteiger partial charge < -0.3 is 9.47 Å². The number of ether oxygens (including phenoxy) is 2. The minimum Gasteiger partial charge on any atom is -0.488 e. The Kier molecular flexibility index (Phi) is 6.08. The van der Waals surface area contributed by atoms with Crippen LogP contribution in [0.5, 0.6) is 11.6 Å². The summed E-state index contributed by atoms with van der Waals surface area (Å²) in [4.78, 5) is 4.46. The molecule has 0 saturated heterocycles. The third-order valence-corrected chi connectivity index (χ3v) is 4.66. The fourth-order valence-corrected chi connectivity index (χ4v) is 3.06. The Morgan fingerprint density at radius 2 is 1.40 bits per heavy atom. The Bertz CT molecular complexity index is 1130. The number of pyridine rings is 1. The smallest absolute Gasteiger partial charge is 0.213 e. The van der Waals surface area contributed by atoms with E-state index in [2.05, 4.69) is 10.9 Å². The Hall–Kier alpha value is -4.03. The van der Waals surface area contributed by atoms with Gasteiger partial charge in [-0.05, 0) is 35.4 Å². The normalized spacial score (nSPS) is 10.2. The molecule has 4 aromatic rings. The summed E-state index contributed by atoms with van der Waals surface area (Å²) in [6, 6.07) is 29.7. The second-order valence-corrected chi connectivity index (χ2v) is 6.79. The zero-order valence-corrected chi connectivity index (χ0v) is 16.5. The Morgan fingerprint density at radius 3 is 2.00 bits per heavy atom. The van der Waals surface area contributed by atoms with E-state index in [4.69, 9.17) is 15.9 Å². The van der Waals surface area contributed by atoms with Crippen LogP contribution in [0.2, 0.25) is 0 Å². The van der Waals surface area contributed by atoms with Gasteiger partial charge in [-0.2, -0.15) is 0 Å². The lowest BCUT2D eigenvalue weighted by Crippen LogP contribution is -1.99. The maximum absolute atomic E-state index is 6.09. The third-order valence-electron chi connectivity index (χ3n) is 4.66. The van der Waals surface area contributed by atoms with Crippen LogP contribution in [-0.4, -0.2) is 4.98 Å². The number of hydrogen-bond donors (Lipinski definition) is 0. The van der Waals surface area contributed by atoms with Gasteiger partial charge in [0.25, 0.3) is 0 Å². The van der Waals surface area contributed by atoms with Crippen molar-refractivity contribution in [2.45, 2.75) is 13.2 Å². The maximum Gasteiger partial charge on any atom is 0.213 e. The average Bonchev–Trinajstić information content (AvgIpc) is 2.83. The van der Waals surface area contributed by atoms with E-state index < -0.39 is 0 Å². The van der Waals surface area contributed by atoms with Crippen molar-refractivity contribution < 1.29 is 9.47 Å². The lowest BCUT2D eigenvalue weighted by Gasteiger charge is -2.13. The van der Waals surface area contributed by atoms with E-state index in [1.807, 2.05) is 91.0 Å². The van der Waals surface area contributed by atoms with E-state index in [0.717, 1.165) is 33.6 Å². The van der Waals surface area contributed by atoms with Gasteiger partial charge in [-0.15, -0.1) is 6.42 Å². The molecule has 0 radical (unpaired) electrons. The first kappa shape index (κ1) is 19.3. The molecule has 3 heteroatoms. The standard InChI is InChI=1S/C27H21NO2/c1-2-21-13-15-26(29-19-22-9-5-3-6-10-22)25(17-21)24-14-16-27(28-18-24)30-20-23-11-7-4-8-12-23/h1,3-18H,19-20H2. The summed E-state index contributed by atoms with van der Waals surface area (Å²) in [5.41, 5.74) is 4.82. The molecule has 0 aliphatic heterocycles. The van der Waals surface area contributed by atoms with Crippen LogP contribution < -0.4 is 9.47 Å². The Labute approximate surface area is 177 Å². The molecule has 1 heterocycles. The SMILES string of the molecule is C#Cc1ccc(OCc2ccccc2)c(-c2ccc(OCc3ccccc3)nc2)c1. The van der Waals surface area contributed by atoms with E-state index in [-0.39, 0.29) is 0 Å². The molecule has 30 heavy (non-hydrogen) atoms. The van der Waals surface area contributed by atoms with Crippen molar-refractivity contribution >= 4 is 0 Å². The topological polar surface area (TPSA) is 31.4 Å². The summed E-state index contributed by atoms with van der Waals surface area (Å²) < 4.78 is 11.9. The summed E-state index contributed by atoms with van der Waals surface area (Å²) in [5.74, 6) is 4.02. The molecule has 0 saturated carbocycles. The van der Waals surface area contributed by atoms with Gasteiger partial charge in [0.1, 0.15) is 19.0 Å². The molecular weight excluding hydrogens is 370 g/mol. The first-order valence-electron chi connectivity index (χ1n) is 9.72. The largest absolute Gasteiger partial charge is 0.488 e. The van der Waals surface area contributed by atoms with E-state index >= 15 is 0 Å². The van der Waals surface area contributed by atoms with E-state index in [9.17, 15) is 0 Å². The van der Waals surface area contributed by atoms with Crippen molar-refractivity contribution in [3.8, 4) is 35.1 Å². The summed E-state index contributed by atoms with van der Waals surface area (Å²) >= 11 is 0. The van der Waals surface area contributed by atoms with Gasteiger partial charge in [0.15, 0.2) is 0 Å². The molecular formula is C27H21NO2. The van der Waals surface area contributed by atoms with Crippen LogP contribution in [0.25, 0.3) is 11.1 Å². The van der Waals surface area contributed by atoms with E-state index in [1.165, 1.54) is 0 Å². The molecule has 4 rings (SSSR count). The van der Waals surface area contributed by atoms with Crippen LogP contribution in [0.15, 0.2) is 97.2 Å². The van der Waals surface area contributed by atoms with Gasteiger partial charge in [0, 0.05) is 29.0 Å². The van der Waals surface area contributed by atoms with Crippen molar-refractivity contribution in [1.29, 1.82) is 0 Å². The molecule has 0 aliphatic rings. The van der Waals surface area contributed by atoms with Crippen LogP contribution in [0.4, 0.5) is 0 Å². The first-order valence-corrected chi connectivity index (χ1v) is 9.72. The summed E-state index contributed by atoms with van der Waals surface area (Å²) in [6.07, 6.45) is 7.39. The number of aromatic nitrogens is 1. The minimum absolute atomic E-state index is 0.477. The molecule has 0 amide bonds. The second-order valence-electron chi connectivity index (χ2n) is 6.79. The number of nitrogens with zero attached hydrogens (tertiary/aromatic N) is 1. The molecule has 0 unspecified atom stereocenters. The van der Waals surface area contributed by atoms with Crippen molar-refractivity contribution in [3.63, 3.8) is 0 Å². The van der Waals surface area contributed by atoms with Crippen LogP contribution in [-0.2, 0) is 13.2 Å². The van der Waals surface area contributed by atoms with Crippen molar-refractivity contribution in [2.75, 3.05) is 0 Å². The minimum atomic E-state index is 0.477. The van der Waals surface area contributed by atoms with Crippen LogP contribution in [0, 0.1) is 12.3 Å². The summed E-state index contributed by atoms with van der Waals surface area (Å²) in [6.45, 7) is 0.958. The molecule has 0 bridgehead atoms. The lowest BCUT2D eigenvalue weighted by atomic mass is 10.0. The highest BCUT2D eigenvalue weighted by Crippen LogP contribution is 2.32. The molecule has 0 fully saturated rings. The second kappa shape index (κ2) is 9.45. The summed E-state index contributed by atoms with van der Waals surface area (Å²) in [5, 5.41) is 0. The molecule has 0 aliphatic carbocycles. The quantitative estimate of drug-likeness (QED) is 0.368. The Balaban J connectivity index is 1.52. The zero-order valence-electron chi connectivity index (χ0n) is 16.5. The number of hydrogen-bond acceptors (Lipinski definition) is 3.